The van der Waals surface area contributed by atoms with E-state index in [0.29, 0.717) is 13.8 Å². The van der Waals surface area contributed by atoms with Gasteiger partial charge in [-0.25, -0.2) is 0 Å². The molecule has 1 rings (SSSR count). The molecule has 18 heavy (non-hydrogen) atoms. The summed E-state index contributed by atoms with van der Waals surface area (Å²) in [5.74, 6) is -0.360. The quantitative estimate of drug-likeness (QED) is 0.687. The number of hydrogen-bond acceptors (Lipinski definition) is 5. The fourth-order valence-corrected chi connectivity index (χ4v) is 5.15. The minimum atomic E-state index is -2.81. The van der Waals surface area contributed by atoms with E-state index in [1.165, 1.54) is 21.0 Å². The molecule has 7 heteroatoms. The molecule has 0 atom stereocenters. The standard InChI is InChI=1S/C11H12BrIO5/c1-7(14)17-13(18-8(2)15)9-5-4-6-10(16-3)11(9)12/h4-6H,1-3H3. The number of rotatable bonds is 4. The summed E-state index contributed by atoms with van der Waals surface area (Å²) >= 11 is 0.544. The number of hydrogen-bond donors (Lipinski definition) is 0. The molecular formula is C11H12BrIO5. The van der Waals surface area contributed by atoms with Gasteiger partial charge in [0.2, 0.25) is 0 Å². The van der Waals surface area contributed by atoms with Crippen molar-refractivity contribution in [2.24, 2.45) is 0 Å². The van der Waals surface area contributed by atoms with Crippen molar-refractivity contribution in [3.63, 3.8) is 0 Å². The van der Waals surface area contributed by atoms with Crippen molar-refractivity contribution in [2.75, 3.05) is 7.11 Å². The van der Waals surface area contributed by atoms with Gasteiger partial charge in [-0.15, -0.1) is 0 Å². The third-order valence-corrected chi connectivity index (χ3v) is 7.11. The van der Waals surface area contributed by atoms with E-state index in [2.05, 4.69) is 15.9 Å². The SMILES string of the molecule is COc1cccc(I(OC(C)=O)OC(C)=O)c1Br. The monoisotopic (exact) mass is 430 g/mol. The van der Waals surface area contributed by atoms with Gasteiger partial charge in [-0.05, 0) is 0 Å². The summed E-state index contributed by atoms with van der Waals surface area (Å²) in [6, 6.07) is 5.24. The van der Waals surface area contributed by atoms with Crippen LogP contribution in [-0.2, 0) is 15.7 Å². The summed E-state index contributed by atoms with van der Waals surface area (Å²) in [6.07, 6.45) is 0. The van der Waals surface area contributed by atoms with Crippen molar-refractivity contribution in [3.8, 4) is 5.75 Å². The molecule has 1 aromatic rings. The number of carbonyl (C=O) groups is 2. The first-order valence-electron chi connectivity index (χ1n) is 4.86. The van der Waals surface area contributed by atoms with Crippen molar-refractivity contribution < 1.29 is 20.5 Å². The summed E-state index contributed by atoms with van der Waals surface area (Å²) in [6.45, 7) is 2.56. The molecule has 0 saturated heterocycles. The molecule has 0 radical (unpaired) electrons. The van der Waals surface area contributed by atoms with Crippen molar-refractivity contribution in [2.45, 2.75) is 13.8 Å². The Labute approximate surface area is 121 Å². The predicted molar refractivity (Wildman–Crippen MR) is 76.9 cm³/mol. The van der Waals surface area contributed by atoms with Crippen LogP contribution in [0, 0.1) is 3.57 Å². The Morgan fingerprint density at radius 2 is 1.72 bits per heavy atom. The van der Waals surface area contributed by atoms with Crippen molar-refractivity contribution >= 4 is 48.5 Å². The molecule has 0 amide bonds. The van der Waals surface area contributed by atoms with Gasteiger partial charge in [0.15, 0.2) is 0 Å². The van der Waals surface area contributed by atoms with Gasteiger partial charge in [0, 0.05) is 0 Å². The van der Waals surface area contributed by atoms with Gasteiger partial charge in [-0.2, -0.15) is 0 Å². The second-order valence-corrected chi connectivity index (χ2v) is 7.19. The van der Waals surface area contributed by atoms with Crippen LogP contribution in [0.15, 0.2) is 22.7 Å². The van der Waals surface area contributed by atoms with Gasteiger partial charge in [0.1, 0.15) is 0 Å². The molecule has 0 heterocycles. The molecule has 0 aliphatic rings. The summed E-state index contributed by atoms with van der Waals surface area (Å²) in [5.41, 5.74) is 0. The fraction of sp³-hybridized carbons (Fsp3) is 0.273. The van der Waals surface area contributed by atoms with E-state index >= 15 is 0 Å². The molecule has 0 N–H and O–H groups in total. The van der Waals surface area contributed by atoms with Crippen molar-refractivity contribution in [1.82, 2.24) is 0 Å². The molecule has 0 fully saturated rings. The Bertz CT molecular complexity index is 447. The zero-order valence-corrected chi connectivity index (χ0v) is 13.8. The Hall–Kier alpha value is -0.830. The second-order valence-electron chi connectivity index (χ2n) is 3.11. The summed E-state index contributed by atoms with van der Waals surface area (Å²) in [4.78, 5) is 22.1. The van der Waals surface area contributed by atoms with Crippen LogP contribution in [0.4, 0.5) is 0 Å². The Kier molecular flexibility index (Phi) is 5.86. The van der Waals surface area contributed by atoms with E-state index in [1.807, 2.05) is 0 Å². The Morgan fingerprint density at radius 1 is 1.17 bits per heavy atom. The number of ether oxygens (including phenoxy) is 1. The molecule has 0 aliphatic carbocycles. The Morgan fingerprint density at radius 3 is 2.17 bits per heavy atom. The molecule has 0 aromatic heterocycles. The van der Waals surface area contributed by atoms with E-state index < -0.39 is 32.6 Å². The van der Waals surface area contributed by atoms with Crippen LogP contribution in [0.5, 0.6) is 5.75 Å². The van der Waals surface area contributed by atoms with Gasteiger partial charge >= 0.3 is 122 Å². The zero-order valence-electron chi connectivity index (χ0n) is 10.0. The molecule has 0 bridgehead atoms. The molecule has 5 nitrogen and oxygen atoms in total. The third kappa shape index (κ3) is 4.13. The minimum absolute atomic E-state index is 0.476. The first kappa shape index (κ1) is 15.2. The molecule has 1 aromatic carbocycles. The topological polar surface area (TPSA) is 61.8 Å². The maximum atomic E-state index is 11.1. The number of methoxy groups -OCH3 is 1. The van der Waals surface area contributed by atoms with E-state index in [0.717, 1.165) is 0 Å². The average Bonchev–Trinajstić information content (AvgIpc) is 2.27. The molecule has 0 saturated carbocycles. The van der Waals surface area contributed by atoms with Crippen molar-refractivity contribution in [1.29, 1.82) is 0 Å². The van der Waals surface area contributed by atoms with Gasteiger partial charge in [-0.3, -0.25) is 0 Å². The van der Waals surface area contributed by atoms with Crippen LogP contribution < -0.4 is 4.74 Å². The van der Waals surface area contributed by atoms with Crippen LogP contribution in [0.25, 0.3) is 0 Å². The number of carbonyl (C=O) groups excluding carboxylic acids is 2. The van der Waals surface area contributed by atoms with Crippen LogP contribution in [-0.4, -0.2) is 19.0 Å². The van der Waals surface area contributed by atoms with Crippen LogP contribution in [0.3, 0.4) is 0 Å². The summed E-state index contributed by atoms with van der Waals surface area (Å²) in [5, 5.41) is 0. The Balaban J connectivity index is 3.11. The summed E-state index contributed by atoms with van der Waals surface area (Å²) in [7, 11) is 1.53. The maximum absolute atomic E-state index is 11.1. The van der Waals surface area contributed by atoms with E-state index in [9.17, 15) is 9.59 Å². The first-order chi connectivity index (χ1) is 8.45. The second kappa shape index (κ2) is 6.93. The van der Waals surface area contributed by atoms with Gasteiger partial charge in [0.25, 0.3) is 0 Å². The van der Waals surface area contributed by atoms with E-state index in [4.69, 9.17) is 10.9 Å². The van der Waals surface area contributed by atoms with Gasteiger partial charge < -0.3 is 0 Å². The molecule has 0 unspecified atom stereocenters. The zero-order chi connectivity index (χ0) is 13.7. The van der Waals surface area contributed by atoms with Crippen molar-refractivity contribution in [3.05, 3.63) is 26.2 Å². The van der Waals surface area contributed by atoms with Gasteiger partial charge in [0.05, 0.1) is 0 Å². The third-order valence-electron chi connectivity index (χ3n) is 1.66. The molecule has 0 spiro atoms. The van der Waals surface area contributed by atoms with E-state index in [-0.39, 0.29) is 0 Å². The molecular weight excluding hydrogens is 419 g/mol. The predicted octanol–water partition coefficient (Wildman–Crippen LogP) is 3.09. The fourth-order valence-electron chi connectivity index (χ4n) is 1.06. The van der Waals surface area contributed by atoms with Crippen LogP contribution in [0.1, 0.15) is 13.8 Å². The molecule has 100 valence electrons. The number of halogens is 2. The van der Waals surface area contributed by atoms with Gasteiger partial charge in [-0.1, -0.05) is 0 Å². The summed E-state index contributed by atoms with van der Waals surface area (Å²) < 4.78 is 16.7. The molecule has 0 aliphatic heterocycles. The normalized spacial score (nSPS) is 10.6. The van der Waals surface area contributed by atoms with E-state index in [1.54, 1.807) is 18.2 Å². The average molecular weight is 431 g/mol. The first-order valence-corrected chi connectivity index (χ1v) is 8.49. The van der Waals surface area contributed by atoms with Crippen LogP contribution >= 0.6 is 36.6 Å². The van der Waals surface area contributed by atoms with Crippen LogP contribution in [0.2, 0.25) is 0 Å². The number of benzene rings is 1.